The molecule has 5 rings (SSSR count). The number of hydrogen-bond donors (Lipinski definition) is 0. The van der Waals surface area contributed by atoms with Crippen LogP contribution in [0.3, 0.4) is 0 Å². The number of esters is 2. The minimum atomic E-state index is -0.672. The van der Waals surface area contributed by atoms with Gasteiger partial charge in [-0.25, -0.2) is 0 Å². The van der Waals surface area contributed by atoms with Gasteiger partial charge in [0.1, 0.15) is 12.7 Å². The number of carbonyl (C=O) groups is 2. The SMILES string of the molecule is CC(=O)OC[C@H]1O[C@@H]2OCc3c4c(c(-c5ccccc5)c(c32)[C@@H]1OC(C)=O)CCC4. The number of carbonyl (C=O) groups excluding carboxylic acids is 2. The highest BCUT2D eigenvalue weighted by molar-refractivity contribution is 5.78. The van der Waals surface area contributed by atoms with Gasteiger partial charge in [-0.1, -0.05) is 30.3 Å². The highest BCUT2D eigenvalue weighted by Gasteiger charge is 2.46. The molecule has 0 spiro atoms. The first-order valence-electron chi connectivity index (χ1n) is 10.4. The van der Waals surface area contributed by atoms with E-state index in [1.165, 1.54) is 30.5 Å². The minimum absolute atomic E-state index is 0.00672. The first-order chi connectivity index (χ1) is 14.5. The molecule has 3 aliphatic rings. The highest BCUT2D eigenvalue weighted by Crippen LogP contribution is 2.53. The monoisotopic (exact) mass is 408 g/mol. The Bertz CT molecular complexity index is 1010. The van der Waals surface area contributed by atoms with Crippen molar-refractivity contribution in [2.24, 2.45) is 0 Å². The largest absolute Gasteiger partial charge is 0.463 e. The van der Waals surface area contributed by atoms with Gasteiger partial charge in [0, 0.05) is 25.0 Å². The lowest BCUT2D eigenvalue weighted by Gasteiger charge is -2.37. The molecule has 0 unspecified atom stereocenters. The van der Waals surface area contributed by atoms with Gasteiger partial charge in [0.05, 0.1) is 6.61 Å². The summed E-state index contributed by atoms with van der Waals surface area (Å²) in [6.45, 7) is 3.22. The smallest absolute Gasteiger partial charge is 0.303 e. The lowest BCUT2D eigenvalue weighted by molar-refractivity contribution is -0.222. The van der Waals surface area contributed by atoms with E-state index in [1.54, 1.807) is 0 Å². The molecular formula is C24H24O6. The van der Waals surface area contributed by atoms with Gasteiger partial charge in [0.25, 0.3) is 0 Å². The molecule has 6 nitrogen and oxygen atoms in total. The molecule has 6 heteroatoms. The summed E-state index contributed by atoms with van der Waals surface area (Å²) < 4.78 is 23.2. The summed E-state index contributed by atoms with van der Waals surface area (Å²) >= 11 is 0. The van der Waals surface area contributed by atoms with E-state index in [4.69, 9.17) is 18.9 Å². The van der Waals surface area contributed by atoms with Gasteiger partial charge in [0.2, 0.25) is 0 Å². The zero-order valence-electron chi connectivity index (χ0n) is 17.1. The lowest BCUT2D eigenvalue weighted by atomic mass is 9.81. The van der Waals surface area contributed by atoms with Crippen LogP contribution in [-0.4, -0.2) is 24.6 Å². The van der Waals surface area contributed by atoms with Gasteiger partial charge in [-0.2, -0.15) is 0 Å². The number of fused-ring (bicyclic) bond motifs is 2. The number of ether oxygens (including phenoxy) is 4. The zero-order valence-corrected chi connectivity index (χ0v) is 17.1. The molecule has 1 aliphatic carbocycles. The molecule has 0 amide bonds. The molecule has 2 aliphatic heterocycles. The van der Waals surface area contributed by atoms with E-state index in [2.05, 4.69) is 12.1 Å². The minimum Gasteiger partial charge on any atom is -0.463 e. The summed E-state index contributed by atoms with van der Waals surface area (Å²) in [6.07, 6.45) is 1.23. The molecule has 2 aromatic rings. The number of benzene rings is 2. The Morgan fingerprint density at radius 1 is 1.00 bits per heavy atom. The maximum absolute atomic E-state index is 12.1. The molecule has 0 fully saturated rings. The van der Waals surface area contributed by atoms with Crippen LogP contribution in [0, 0.1) is 0 Å². The molecule has 3 atom stereocenters. The molecule has 2 heterocycles. The molecule has 156 valence electrons. The second kappa shape index (κ2) is 7.52. The second-order valence-electron chi connectivity index (χ2n) is 8.01. The Labute approximate surface area is 175 Å². The molecule has 0 saturated heterocycles. The van der Waals surface area contributed by atoms with E-state index in [-0.39, 0.29) is 6.61 Å². The van der Waals surface area contributed by atoms with Gasteiger partial charge in [-0.15, -0.1) is 0 Å². The van der Waals surface area contributed by atoms with Crippen LogP contribution in [-0.2, 0) is 48.0 Å². The van der Waals surface area contributed by atoms with Crippen molar-refractivity contribution in [2.75, 3.05) is 6.61 Å². The summed E-state index contributed by atoms with van der Waals surface area (Å²) in [7, 11) is 0. The van der Waals surface area contributed by atoms with E-state index in [0.717, 1.165) is 41.5 Å². The average Bonchev–Trinajstić information content (AvgIpc) is 3.36. The van der Waals surface area contributed by atoms with Gasteiger partial charge in [-0.3, -0.25) is 9.59 Å². The van der Waals surface area contributed by atoms with Crippen molar-refractivity contribution in [1.29, 1.82) is 0 Å². The third-order valence-electron chi connectivity index (χ3n) is 6.11. The van der Waals surface area contributed by atoms with Crippen molar-refractivity contribution in [3.8, 4) is 11.1 Å². The van der Waals surface area contributed by atoms with Gasteiger partial charge < -0.3 is 18.9 Å². The Morgan fingerprint density at radius 2 is 1.77 bits per heavy atom. The van der Waals surface area contributed by atoms with Crippen LogP contribution in [0.25, 0.3) is 11.1 Å². The van der Waals surface area contributed by atoms with E-state index >= 15 is 0 Å². The van der Waals surface area contributed by atoms with Crippen LogP contribution in [0.1, 0.15) is 60.5 Å². The Kier molecular flexibility index (Phi) is 4.83. The van der Waals surface area contributed by atoms with E-state index in [1.807, 2.05) is 18.2 Å². The van der Waals surface area contributed by atoms with E-state index < -0.39 is 30.4 Å². The first-order valence-corrected chi connectivity index (χ1v) is 10.4. The first kappa shape index (κ1) is 19.3. The molecule has 0 bridgehead atoms. The van der Waals surface area contributed by atoms with E-state index in [0.29, 0.717) is 6.61 Å². The average molecular weight is 408 g/mol. The fourth-order valence-corrected chi connectivity index (χ4v) is 5.04. The van der Waals surface area contributed by atoms with Crippen molar-refractivity contribution in [2.45, 2.75) is 58.2 Å². The molecule has 30 heavy (non-hydrogen) atoms. The second-order valence-corrected chi connectivity index (χ2v) is 8.01. The van der Waals surface area contributed by atoms with Crippen molar-refractivity contribution in [3.05, 3.63) is 58.1 Å². The number of rotatable bonds is 4. The van der Waals surface area contributed by atoms with Crippen molar-refractivity contribution < 1.29 is 28.5 Å². The molecule has 0 saturated carbocycles. The summed E-state index contributed by atoms with van der Waals surface area (Å²) in [5, 5.41) is 0. The van der Waals surface area contributed by atoms with Crippen LogP contribution in [0.2, 0.25) is 0 Å². The normalized spacial score (nSPS) is 23.6. The maximum atomic E-state index is 12.1. The van der Waals surface area contributed by atoms with Crippen molar-refractivity contribution in [3.63, 3.8) is 0 Å². The van der Waals surface area contributed by atoms with Gasteiger partial charge >= 0.3 is 11.9 Å². The topological polar surface area (TPSA) is 71.1 Å². The zero-order chi connectivity index (χ0) is 20.8. The predicted octanol–water partition coefficient (Wildman–Crippen LogP) is 3.94. The van der Waals surface area contributed by atoms with Crippen LogP contribution in [0.5, 0.6) is 0 Å². The fraction of sp³-hybridized carbons (Fsp3) is 0.417. The van der Waals surface area contributed by atoms with E-state index in [9.17, 15) is 9.59 Å². The fourth-order valence-electron chi connectivity index (χ4n) is 5.04. The molecular weight excluding hydrogens is 384 g/mol. The lowest BCUT2D eigenvalue weighted by Crippen LogP contribution is -2.37. The van der Waals surface area contributed by atoms with Gasteiger partial charge in [-0.05, 0) is 47.1 Å². The maximum Gasteiger partial charge on any atom is 0.303 e. The Hall–Kier alpha value is -2.70. The van der Waals surface area contributed by atoms with Crippen LogP contribution in [0.4, 0.5) is 0 Å². The molecule has 0 N–H and O–H groups in total. The molecule has 2 aromatic carbocycles. The molecule has 0 radical (unpaired) electrons. The van der Waals surface area contributed by atoms with Crippen LogP contribution in [0.15, 0.2) is 30.3 Å². The Morgan fingerprint density at radius 3 is 2.50 bits per heavy atom. The van der Waals surface area contributed by atoms with Crippen LogP contribution < -0.4 is 0 Å². The summed E-state index contributed by atoms with van der Waals surface area (Å²) in [5.41, 5.74) is 7.95. The standard InChI is InChI=1S/C24H24O6/c1-13(25)27-12-19-23(29-14(2)26)22-20(15-7-4-3-5-8-15)17-10-6-9-16(17)18-11-28-24(30-19)21(18)22/h3-5,7-8,19,23-24H,6,9-12H2,1-2H3/t19-,23-,24+/m1/s1. The summed E-state index contributed by atoms with van der Waals surface area (Å²) in [4.78, 5) is 23.5. The predicted molar refractivity (Wildman–Crippen MR) is 107 cm³/mol. The van der Waals surface area contributed by atoms with Gasteiger partial charge in [0.15, 0.2) is 12.4 Å². The highest BCUT2D eigenvalue weighted by atomic mass is 16.7. The third-order valence-corrected chi connectivity index (χ3v) is 6.11. The number of hydrogen-bond acceptors (Lipinski definition) is 6. The third kappa shape index (κ3) is 3.11. The summed E-state index contributed by atoms with van der Waals surface area (Å²) in [5.74, 6) is -0.807. The Balaban J connectivity index is 1.74. The van der Waals surface area contributed by atoms with Crippen molar-refractivity contribution >= 4 is 11.9 Å². The molecule has 0 aromatic heterocycles. The quantitative estimate of drug-likeness (QED) is 0.714. The summed E-state index contributed by atoms with van der Waals surface area (Å²) in [6, 6.07) is 10.2. The van der Waals surface area contributed by atoms with Crippen LogP contribution >= 0.6 is 0 Å². The van der Waals surface area contributed by atoms with Crippen molar-refractivity contribution in [1.82, 2.24) is 0 Å².